The molecule has 1 heterocycles. The molecule has 0 saturated heterocycles. The Bertz CT molecular complexity index is 1070. The second-order valence-electron chi connectivity index (χ2n) is 8.46. The number of aromatic nitrogens is 1. The first-order chi connectivity index (χ1) is 15.6. The average molecular weight is 460 g/mol. The van der Waals surface area contributed by atoms with E-state index in [1.165, 1.54) is 7.11 Å². The first-order valence-electron chi connectivity index (χ1n) is 10.2. The van der Waals surface area contributed by atoms with E-state index in [-0.39, 0.29) is 17.8 Å². The summed E-state index contributed by atoms with van der Waals surface area (Å²) in [5.74, 6) is 0.677. The molecule has 1 aromatic heterocycles. The van der Waals surface area contributed by atoms with E-state index in [2.05, 4.69) is 10.3 Å². The van der Waals surface area contributed by atoms with Gasteiger partial charge in [-0.1, -0.05) is 20.8 Å². The Morgan fingerprint density at radius 1 is 1.06 bits per heavy atom. The van der Waals surface area contributed by atoms with Crippen molar-refractivity contribution in [1.82, 2.24) is 10.3 Å². The van der Waals surface area contributed by atoms with E-state index in [1.807, 2.05) is 20.8 Å². The molecule has 3 rings (SSSR count). The number of ether oxygens (including phenoxy) is 2. The van der Waals surface area contributed by atoms with Crippen LogP contribution >= 0.6 is 0 Å². The van der Waals surface area contributed by atoms with Crippen molar-refractivity contribution in [3.8, 4) is 34.1 Å². The van der Waals surface area contributed by atoms with Crippen LogP contribution in [0.4, 0.5) is 13.6 Å². The van der Waals surface area contributed by atoms with Crippen LogP contribution in [0.5, 0.6) is 11.5 Å². The van der Waals surface area contributed by atoms with Gasteiger partial charge in [-0.3, -0.25) is 0 Å². The molecule has 1 atom stereocenters. The molecule has 0 spiro atoms. The summed E-state index contributed by atoms with van der Waals surface area (Å²) in [4.78, 5) is 15.1. The van der Waals surface area contributed by atoms with Crippen LogP contribution in [0, 0.1) is 5.41 Å². The van der Waals surface area contributed by atoms with Gasteiger partial charge in [-0.05, 0) is 53.9 Å². The number of halogens is 2. The third-order valence-corrected chi connectivity index (χ3v) is 5.07. The van der Waals surface area contributed by atoms with Crippen molar-refractivity contribution in [2.75, 3.05) is 13.7 Å². The standard InChI is InChI=1S/C24H26F2N2O5/c1-24(2,3)18(27-23(29)30)13-32-17-11-7-15(8-12-17)20-19(28-22(33-20)21(25)26)14-5-9-16(31-4)10-6-14/h5-12,18,21,27H,13H2,1-4H3,(H,29,30). The first kappa shape index (κ1) is 24.0. The smallest absolute Gasteiger partial charge is 0.405 e. The van der Waals surface area contributed by atoms with Gasteiger partial charge in [0.2, 0.25) is 0 Å². The van der Waals surface area contributed by atoms with E-state index in [9.17, 15) is 13.6 Å². The Morgan fingerprint density at radius 3 is 2.15 bits per heavy atom. The van der Waals surface area contributed by atoms with Gasteiger partial charge in [0, 0.05) is 11.1 Å². The summed E-state index contributed by atoms with van der Waals surface area (Å²) in [5.41, 5.74) is 1.09. The molecule has 0 saturated carbocycles. The third kappa shape index (κ3) is 6.00. The topological polar surface area (TPSA) is 93.8 Å². The molecule has 1 unspecified atom stereocenters. The number of hydrogen-bond donors (Lipinski definition) is 2. The van der Waals surface area contributed by atoms with Gasteiger partial charge < -0.3 is 24.3 Å². The zero-order chi connectivity index (χ0) is 24.2. The van der Waals surface area contributed by atoms with E-state index in [0.717, 1.165) is 0 Å². The second-order valence-corrected chi connectivity index (χ2v) is 8.46. The molecule has 7 nitrogen and oxygen atoms in total. The Balaban J connectivity index is 1.84. The molecule has 0 aliphatic carbocycles. The molecule has 33 heavy (non-hydrogen) atoms. The van der Waals surface area contributed by atoms with Crippen LogP contribution < -0.4 is 14.8 Å². The number of amides is 1. The lowest BCUT2D eigenvalue weighted by Crippen LogP contribution is -2.47. The van der Waals surface area contributed by atoms with Crippen LogP contribution in [0.2, 0.25) is 0 Å². The number of hydrogen-bond acceptors (Lipinski definition) is 5. The number of methoxy groups -OCH3 is 1. The highest BCUT2D eigenvalue weighted by molar-refractivity contribution is 5.77. The molecule has 2 N–H and O–H groups in total. The lowest BCUT2D eigenvalue weighted by molar-refractivity contribution is 0.116. The van der Waals surface area contributed by atoms with Crippen LogP contribution in [0.25, 0.3) is 22.6 Å². The minimum absolute atomic E-state index is 0.129. The van der Waals surface area contributed by atoms with Crippen LogP contribution in [-0.2, 0) is 0 Å². The normalized spacial score (nSPS) is 12.5. The van der Waals surface area contributed by atoms with Crippen molar-refractivity contribution >= 4 is 6.09 Å². The number of oxazole rings is 1. The fourth-order valence-corrected chi connectivity index (χ4v) is 3.11. The minimum atomic E-state index is -2.85. The fourth-order valence-electron chi connectivity index (χ4n) is 3.11. The van der Waals surface area contributed by atoms with E-state index in [1.54, 1.807) is 48.5 Å². The van der Waals surface area contributed by atoms with Crippen molar-refractivity contribution in [2.24, 2.45) is 5.41 Å². The molecular formula is C24H26F2N2O5. The second kappa shape index (κ2) is 9.89. The van der Waals surface area contributed by atoms with Crippen LogP contribution in [0.1, 0.15) is 33.1 Å². The van der Waals surface area contributed by atoms with Crippen molar-refractivity contribution in [1.29, 1.82) is 0 Å². The molecule has 0 aliphatic heterocycles. The summed E-state index contributed by atoms with van der Waals surface area (Å²) in [6, 6.07) is 13.1. The van der Waals surface area contributed by atoms with E-state index >= 15 is 0 Å². The molecule has 0 fully saturated rings. The molecule has 0 aliphatic rings. The predicted molar refractivity (Wildman–Crippen MR) is 119 cm³/mol. The largest absolute Gasteiger partial charge is 0.497 e. The van der Waals surface area contributed by atoms with Gasteiger partial charge in [-0.15, -0.1) is 0 Å². The molecule has 2 aromatic carbocycles. The Labute approximate surface area is 190 Å². The van der Waals surface area contributed by atoms with E-state index in [4.69, 9.17) is 19.0 Å². The van der Waals surface area contributed by atoms with Crippen molar-refractivity contribution in [3.05, 3.63) is 54.4 Å². The number of benzene rings is 2. The molecule has 0 radical (unpaired) electrons. The van der Waals surface area contributed by atoms with Crippen molar-refractivity contribution in [2.45, 2.75) is 33.2 Å². The van der Waals surface area contributed by atoms with Gasteiger partial charge in [-0.25, -0.2) is 9.78 Å². The Morgan fingerprint density at radius 2 is 1.64 bits per heavy atom. The predicted octanol–water partition coefficient (Wildman–Crippen LogP) is 6.02. The minimum Gasteiger partial charge on any atom is -0.497 e. The van der Waals surface area contributed by atoms with Gasteiger partial charge >= 0.3 is 12.5 Å². The Kier molecular flexibility index (Phi) is 7.20. The lowest BCUT2D eigenvalue weighted by atomic mass is 9.87. The number of nitrogens with zero attached hydrogens (tertiary/aromatic N) is 1. The van der Waals surface area contributed by atoms with Gasteiger partial charge in [-0.2, -0.15) is 8.78 Å². The maximum absolute atomic E-state index is 13.3. The van der Waals surface area contributed by atoms with Gasteiger partial charge in [0.05, 0.1) is 13.2 Å². The van der Waals surface area contributed by atoms with Crippen LogP contribution in [0.15, 0.2) is 52.9 Å². The summed E-state index contributed by atoms with van der Waals surface area (Å²) in [6.45, 7) is 5.85. The zero-order valence-electron chi connectivity index (χ0n) is 18.8. The fraction of sp³-hybridized carbons (Fsp3) is 0.333. The lowest BCUT2D eigenvalue weighted by Gasteiger charge is -2.30. The van der Waals surface area contributed by atoms with Gasteiger partial charge in [0.15, 0.2) is 5.76 Å². The maximum atomic E-state index is 13.3. The quantitative estimate of drug-likeness (QED) is 0.427. The Hall–Kier alpha value is -3.62. The molecule has 1 amide bonds. The summed E-state index contributed by atoms with van der Waals surface area (Å²) < 4.78 is 42.9. The summed E-state index contributed by atoms with van der Waals surface area (Å²) in [5, 5.41) is 11.5. The highest BCUT2D eigenvalue weighted by atomic mass is 19.3. The first-order valence-corrected chi connectivity index (χ1v) is 10.2. The molecule has 176 valence electrons. The SMILES string of the molecule is COc1ccc(-c2nc(C(F)F)oc2-c2ccc(OCC(NC(=O)O)C(C)(C)C)cc2)cc1. The van der Waals surface area contributed by atoms with Gasteiger partial charge in [0.25, 0.3) is 5.89 Å². The summed E-state index contributed by atoms with van der Waals surface area (Å²) in [7, 11) is 1.54. The average Bonchev–Trinajstić information content (AvgIpc) is 3.22. The van der Waals surface area contributed by atoms with Crippen molar-refractivity contribution in [3.63, 3.8) is 0 Å². The zero-order valence-corrected chi connectivity index (χ0v) is 18.8. The van der Waals surface area contributed by atoms with Gasteiger partial charge in [0.1, 0.15) is 23.8 Å². The molecular weight excluding hydrogens is 434 g/mol. The highest BCUT2D eigenvalue weighted by Gasteiger charge is 2.27. The van der Waals surface area contributed by atoms with E-state index < -0.39 is 24.5 Å². The van der Waals surface area contributed by atoms with E-state index in [0.29, 0.717) is 28.3 Å². The number of alkyl halides is 2. The third-order valence-electron chi connectivity index (χ3n) is 5.07. The summed E-state index contributed by atoms with van der Waals surface area (Å²) in [6.07, 6.45) is -3.98. The summed E-state index contributed by atoms with van der Waals surface area (Å²) >= 11 is 0. The number of nitrogens with one attached hydrogen (secondary N) is 1. The number of carbonyl (C=O) groups is 1. The van der Waals surface area contributed by atoms with Crippen LogP contribution in [-0.4, -0.2) is 35.9 Å². The number of carboxylic acid groups (broad SMARTS) is 1. The molecule has 3 aromatic rings. The monoisotopic (exact) mass is 460 g/mol. The maximum Gasteiger partial charge on any atom is 0.405 e. The molecule has 0 bridgehead atoms. The number of rotatable bonds is 8. The highest BCUT2D eigenvalue weighted by Crippen LogP contribution is 2.36. The van der Waals surface area contributed by atoms with Crippen molar-refractivity contribution < 1.29 is 32.6 Å². The van der Waals surface area contributed by atoms with Crippen LogP contribution in [0.3, 0.4) is 0 Å². The molecule has 9 heteroatoms.